The number of carbonyl (C=O) groups excluding carboxylic acids is 1. The van der Waals surface area contributed by atoms with Gasteiger partial charge in [-0.2, -0.15) is 13.2 Å². The lowest BCUT2D eigenvalue weighted by atomic mass is 9.74. The quantitative estimate of drug-likeness (QED) is 0.809. The minimum Gasteiger partial charge on any atom is -0.475 e. The van der Waals surface area contributed by atoms with Gasteiger partial charge in [0.05, 0.1) is 5.54 Å². The standard InChI is InChI=1S/C15H20N2O.C2HF3O2/c1-17-14(18)11-13(12-5-3-2-4-6-12)15(17)7-9-16-10-8-15;3-2(4,5)1(6)7/h2-6,13,16H,7-11H2,1H3;(H,6,7). The van der Waals surface area contributed by atoms with Gasteiger partial charge in [-0.05, 0) is 31.5 Å². The fourth-order valence-corrected chi connectivity index (χ4v) is 3.64. The molecule has 2 heterocycles. The lowest BCUT2D eigenvalue weighted by molar-refractivity contribution is -0.192. The molecule has 1 spiro atoms. The predicted octanol–water partition coefficient (Wildman–Crippen LogP) is 2.39. The van der Waals surface area contributed by atoms with Crippen LogP contribution in [0.1, 0.15) is 30.7 Å². The van der Waals surface area contributed by atoms with E-state index in [1.807, 2.05) is 18.0 Å². The van der Waals surface area contributed by atoms with Crippen molar-refractivity contribution in [3.05, 3.63) is 35.9 Å². The molecule has 1 unspecified atom stereocenters. The summed E-state index contributed by atoms with van der Waals surface area (Å²) in [7, 11) is 1.98. The Kier molecular flexibility index (Phi) is 5.72. The van der Waals surface area contributed by atoms with Crippen molar-refractivity contribution in [1.82, 2.24) is 10.2 Å². The molecule has 1 atom stereocenters. The van der Waals surface area contributed by atoms with E-state index in [4.69, 9.17) is 9.90 Å². The van der Waals surface area contributed by atoms with Gasteiger partial charge >= 0.3 is 12.1 Å². The highest BCUT2D eigenvalue weighted by Gasteiger charge is 2.51. The highest BCUT2D eigenvalue weighted by Crippen LogP contribution is 2.46. The molecule has 0 aliphatic carbocycles. The van der Waals surface area contributed by atoms with E-state index < -0.39 is 12.1 Å². The minimum atomic E-state index is -5.08. The van der Waals surface area contributed by atoms with Gasteiger partial charge in [-0.25, -0.2) is 4.79 Å². The number of nitrogens with zero attached hydrogens (tertiary/aromatic N) is 1. The molecule has 2 saturated heterocycles. The summed E-state index contributed by atoms with van der Waals surface area (Å²) < 4.78 is 31.7. The Labute approximate surface area is 143 Å². The van der Waals surface area contributed by atoms with Crippen LogP contribution in [-0.4, -0.2) is 53.7 Å². The van der Waals surface area contributed by atoms with Gasteiger partial charge in [0.15, 0.2) is 0 Å². The first-order valence-electron chi connectivity index (χ1n) is 8.01. The van der Waals surface area contributed by atoms with Gasteiger partial charge in [0, 0.05) is 19.4 Å². The topological polar surface area (TPSA) is 69.6 Å². The van der Waals surface area contributed by atoms with Crippen molar-refractivity contribution < 1.29 is 27.9 Å². The summed E-state index contributed by atoms with van der Waals surface area (Å²) >= 11 is 0. The Morgan fingerprint density at radius 3 is 2.24 bits per heavy atom. The number of piperidine rings is 1. The molecule has 3 rings (SSSR count). The number of likely N-dealkylation sites (N-methyl/N-ethyl adjacent to an activating group) is 1. The van der Waals surface area contributed by atoms with Crippen molar-refractivity contribution in [3.8, 4) is 0 Å². The number of carbonyl (C=O) groups is 2. The van der Waals surface area contributed by atoms with Crippen LogP contribution in [0.25, 0.3) is 0 Å². The summed E-state index contributed by atoms with van der Waals surface area (Å²) in [6.07, 6.45) is -2.29. The number of carboxylic acids is 1. The van der Waals surface area contributed by atoms with Crippen LogP contribution in [0.2, 0.25) is 0 Å². The zero-order chi connectivity index (χ0) is 18.7. The molecule has 0 bridgehead atoms. The number of hydrogen-bond acceptors (Lipinski definition) is 3. The number of nitrogens with one attached hydrogen (secondary N) is 1. The molecular formula is C17H21F3N2O3. The smallest absolute Gasteiger partial charge is 0.475 e. The molecule has 2 N–H and O–H groups in total. The molecule has 138 valence electrons. The van der Waals surface area contributed by atoms with Crippen LogP contribution in [0, 0.1) is 0 Å². The Morgan fingerprint density at radius 2 is 1.76 bits per heavy atom. The van der Waals surface area contributed by atoms with Crippen molar-refractivity contribution in [3.63, 3.8) is 0 Å². The van der Waals surface area contributed by atoms with Crippen molar-refractivity contribution >= 4 is 11.9 Å². The lowest BCUT2D eigenvalue weighted by Crippen LogP contribution is -2.53. The first-order chi connectivity index (χ1) is 11.7. The normalized spacial score (nSPS) is 22.5. The number of alkyl halides is 3. The van der Waals surface area contributed by atoms with Crippen molar-refractivity contribution in [1.29, 1.82) is 0 Å². The minimum absolute atomic E-state index is 0.0453. The Bertz CT molecular complexity index is 613. The fourth-order valence-electron chi connectivity index (χ4n) is 3.64. The third-order valence-corrected chi connectivity index (χ3v) is 4.98. The number of likely N-dealkylation sites (tertiary alicyclic amines) is 1. The fraction of sp³-hybridized carbons (Fsp3) is 0.529. The van der Waals surface area contributed by atoms with E-state index in [9.17, 15) is 18.0 Å². The summed E-state index contributed by atoms with van der Waals surface area (Å²) in [6, 6.07) is 10.5. The van der Waals surface area contributed by atoms with Crippen LogP contribution >= 0.6 is 0 Å². The number of amides is 1. The van der Waals surface area contributed by atoms with Crippen LogP contribution in [-0.2, 0) is 9.59 Å². The van der Waals surface area contributed by atoms with Crippen molar-refractivity contribution in [2.24, 2.45) is 0 Å². The first-order valence-corrected chi connectivity index (χ1v) is 8.01. The maximum atomic E-state index is 12.1. The van der Waals surface area contributed by atoms with E-state index in [2.05, 4.69) is 29.6 Å². The van der Waals surface area contributed by atoms with Gasteiger partial charge in [-0.1, -0.05) is 30.3 Å². The van der Waals surface area contributed by atoms with Crippen molar-refractivity contribution in [2.75, 3.05) is 20.1 Å². The lowest BCUT2D eigenvalue weighted by Gasteiger charge is -2.44. The number of hydrogen-bond donors (Lipinski definition) is 2. The molecular weight excluding hydrogens is 337 g/mol. The summed E-state index contributed by atoms with van der Waals surface area (Å²) in [5.74, 6) is -2.10. The van der Waals surface area contributed by atoms with Crippen LogP contribution in [0.4, 0.5) is 13.2 Å². The average molecular weight is 358 g/mol. The van der Waals surface area contributed by atoms with Gasteiger partial charge in [0.1, 0.15) is 0 Å². The summed E-state index contributed by atoms with van der Waals surface area (Å²) in [5, 5.41) is 10.5. The third kappa shape index (κ3) is 4.12. The second-order valence-electron chi connectivity index (χ2n) is 6.28. The number of halogens is 3. The van der Waals surface area contributed by atoms with E-state index in [1.54, 1.807) is 0 Å². The highest BCUT2D eigenvalue weighted by molar-refractivity contribution is 5.81. The number of carboxylic acid groups (broad SMARTS) is 1. The maximum absolute atomic E-state index is 12.1. The second-order valence-corrected chi connectivity index (χ2v) is 6.28. The molecule has 5 nitrogen and oxygen atoms in total. The summed E-state index contributed by atoms with van der Waals surface area (Å²) in [5.41, 5.74) is 1.36. The number of aliphatic carboxylic acids is 1. The third-order valence-electron chi connectivity index (χ3n) is 4.98. The van der Waals surface area contributed by atoms with Crippen LogP contribution in [0.3, 0.4) is 0 Å². The molecule has 2 aliphatic heterocycles. The number of rotatable bonds is 1. The van der Waals surface area contributed by atoms with Crippen molar-refractivity contribution in [2.45, 2.75) is 36.9 Å². The van der Waals surface area contributed by atoms with Gasteiger partial charge in [-0.3, -0.25) is 4.79 Å². The second kappa shape index (κ2) is 7.43. The largest absolute Gasteiger partial charge is 0.490 e. The Balaban J connectivity index is 0.000000277. The molecule has 8 heteroatoms. The molecule has 25 heavy (non-hydrogen) atoms. The molecule has 2 aliphatic rings. The zero-order valence-corrected chi connectivity index (χ0v) is 13.8. The van der Waals surface area contributed by atoms with Crippen LogP contribution in [0.15, 0.2) is 30.3 Å². The zero-order valence-electron chi connectivity index (χ0n) is 13.8. The molecule has 1 aromatic rings. The molecule has 2 fully saturated rings. The SMILES string of the molecule is CN1C(=O)CC(c2ccccc2)C12CCNCC2.O=C(O)C(F)(F)F. The Morgan fingerprint density at radius 1 is 1.24 bits per heavy atom. The highest BCUT2D eigenvalue weighted by atomic mass is 19.4. The van der Waals surface area contributed by atoms with E-state index in [0.717, 1.165) is 25.9 Å². The molecule has 0 aromatic heterocycles. The van der Waals surface area contributed by atoms with E-state index in [0.29, 0.717) is 18.2 Å². The number of benzene rings is 1. The first kappa shape index (κ1) is 19.2. The molecule has 0 radical (unpaired) electrons. The molecule has 1 amide bonds. The van der Waals surface area contributed by atoms with E-state index in [1.165, 1.54) is 5.56 Å². The summed E-state index contributed by atoms with van der Waals surface area (Å²) in [4.78, 5) is 23.1. The van der Waals surface area contributed by atoms with Crippen LogP contribution in [0.5, 0.6) is 0 Å². The molecule has 0 saturated carbocycles. The van der Waals surface area contributed by atoms with E-state index >= 15 is 0 Å². The summed E-state index contributed by atoms with van der Waals surface area (Å²) in [6.45, 7) is 2.03. The van der Waals surface area contributed by atoms with Gasteiger partial charge in [0.25, 0.3) is 0 Å². The predicted molar refractivity (Wildman–Crippen MR) is 85.1 cm³/mol. The maximum Gasteiger partial charge on any atom is 0.490 e. The van der Waals surface area contributed by atoms with Gasteiger partial charge in [-0.15, -0.1) is 0 Å². The average Bonchev–Trinajstić information content (AvgIpc) is 2.81. The van der Waals surface area contributed by atoms with Gasteiger partial charge < -0.3 is 15.3 Å². The van der Waals surface area contributed by atoms with Gasteiger partial charge in [0.2, 0.25) is 5.91 Å². The van der Waals surface area contributed by atoms with Crippen LogP contribution < -0.4 is 5.32 Å². The monoisotopic (exact) mass is 358 g/mol. The van der Waals surface area contributed by atoms with E-state index in [-0.39, 0.29) is 5.54 Å². The Hall–Kier alpha value is -2.09. The molecule has 1 aromatic carbocycles.